The number of oxazole rings is 1. The summed E-state index contributed by atoms with van der Waals surface area (Å²) in [6.07, 6.45) is 0. The fraction of sp³-hybridized carbons (Fsp3) is 0.278. The van der Waals surface area contributed by atoms with Crippen LogP contribution in [0.4, 0.5) is 11.4 Å². The molecule has 142 valence electrons. The minimum Gasteiger partial charge on any atom is -0.408 e. The fourth-order valence-corrected chi connectivity index (χ4v) is 4.17. The van der Waals surface area contributed by atoms with E-state index in [2.05, 4.69) is 14.6 Å². The van der Waals surface area contributed by atoms with Crippen LogP contribution >= 0.6 is 0 Å². The third-order valence-electron chi connectivity index (χ3n) is 4.54. The number of nitrogens with zero attached hydrogens (tertiary/aromatic N) is 1. The minimum atomic E-state index is -3.83. The number of morpholine rings is 1. The van der Waals surface area contributed by atoms with Gasteiger partial charge in [0.2, 0.25) is 0 Å². The minimum absolute atomic E-state index is 0.0222. The number of hydrogen-bond acceptors (Lipinski definition) is 6. The Morgan fingerprint density at radius 1 is 1.11 bits per heavy atom. The Labute approximate surface area is 155 Å². The van der Waals surface area contributed by atoms with E-state index in [4.69, 9.17) is 9.15 Å². The molecule has 0 saturated carbocycles. The van der Waals surface area contributed by atoms with E-state index in [0.717, 1.165) is 24.3 Å². The summed E-state index contributed by atoms with van der Waals surface area (Å²) in [6, 6.07) is 9.95. The number of nitrogens with one attached hydrogen (secondary N) is 2. The van der Waals surface area contributed by atoms with Crippen LogP contribution in [-0.2, 0) is 14.8 Å². The van der Waals surface area contributed by atoms with E-state index in [0.29, 0.717) is 24.4 Å². The summed E-state index contributed by atoms with van der Waals surface area (Å²) in [4.78, 5) is 15.9. The van der Waals surface area contributed by atoms with E-state index >= 15 is 0 Å². The number of aromatic amines is 1. The molecule has 1 aromatic heterocycles. The number of aromatic nitrogens is 1. The Morgan fingerprint density at radius 2 is 1.89 bits per heavy atom. The zero-order valence-electron chi connectivity index (χ0n) is 14.7. The Balaban J connectivity index is 1.65. The van der Waals surface area contributed by atoms with Gasteiger partial charge in [0.05, 0.1) is 29.3 Å². The van der Waals surface area contributed by atoms with Gasteiger partial charge < -0.3 is 14.1 Å². The first-order valence-electron chi connectivity index (χ1n) is 8.51. The van der Waals surface area contributed by atoms with Crippen molar-refractivity contribution in [3.8, 4) is 0 Å². The Hall–Kier alpha value is -2.78. The van der Waals surface area contributed by atoms with Gasteiger partial charge in [-0.1, -0.05) is 6.07 Å². The van der Waals surface area contributed by atoms with Gasteiger partial charge in [0, 0.05) is 24.8 Å². The topological polar surface area (TPSA) is 105 Å². The molecule has 2 aromatic carbocycles. The van der Waals surface area contributed by atoms with Crippen LogP contribution < -0.4 is 15.4 Å². The van der Waals surface area contributed by atoms with Gasteiger partial charge in [-0.3, -0.25) is 9.71 Å². The molecular formula is C18H19N3O5S. The van der Waals surface area contributed by atoms with Crippen LogP contribution in [0.5, 0.6) is 0 Å². The first-order valence-corrected chi connectivity index (χ1v) is 10.00. The summed E-state index contributed by atoms with van der Waals surface area (Å²) in [5.74, 6) is -0.624. The lowest BCUT2D eigenvalue weighted by atomic mass is 10.1. The molecule has 2 N–H and O–H groups in total. The van der Waals surface area contributed by atoms with Gasteiger partial charge in [0.15, 0.2) is 5.58 Å². The van der Waals surface area contributed by atoms with Gasteiger partial charge in [-0.15, -0.1) is 0 Å². The van der Waals surface area contributed by atoms with E-state index < -0.39 is 15.8 Å². The number of sulfonamides is 1. The molecule has 0 atom stereocenters. The normalized spacial score (nSPS) is 15.2. The van der Waals surface area contributed by atoms with Crippen LogP contribution in [0.2, 0.25) is 0 Å². The van der Waals surface area contributed by atoms with E-state index in [1.807, 2.05) is 25.1 Å². The van der Waals surface area contributed by atoms with Crippen molar-refractivity contribution in [3.63, 3.8) is 0 Å². The molecule has 8 nitrogen and oxygen atoms in total. The lowest BCUT2D eigenvalue weighted by Gasteiger charge is -2.29. The van der Waals surface area contributed by atoms with Gasteiger partial charge in [0.1, 0.15) is 0 Å². The highest BCUT2D eigenvalue weighted by atomic mass is 32.2. The smallest absolute Gasteiger partial charge is 0.408 e. The van der Waals surface area contributed by atoms with Crippen molar-refractivity contribution >= 4 is 32.5 Å². The molecule has 0 aliphatic carbocycles. The second-order valence-corrected chi connectivity index (χ2v) is 8.06. The van der Waals surface area contributed by atoms with Gasteiger partial charge in [0.25, 0.3) is 10.0 Å². The van der Waals surface area contributed by atoms with Crippen LogP contribution in [0, 0.1) is 6.92 Å². The summed E-state index contributed by atoms with van der Waals surface area (Å²) in [5.41, 5.74) is 2.90. The number of rotatable bonds is 4. The average molecular weight is 389 g/mol. The van der Waals surface area contributed by atoms with Crippen molar-refractivity contribution in [2.24, 2.45) is 0 Å². The summed E-state index contributed by atoms with van der Waals surface area (Å²) in [6.45, 7) is 4.67. The molecule has 1 saturated heterocycles. The molecule has 3 aromatic rings. The van der Waals surface area contributed by atoms with Crippen LogP contribution in [0.15, 0.2) is 50.5 Å². The van der Waals surface area contributed by atoms with E-state index in [1.54, 1.807) is 0 Å². The largest absolute Gasteiger partial charge is 0.417 e. The third-order valence-corrected chi connectivity index (χ3v) is 5.91. The second-order valence-electron chi connectivity index (χ2n) is 6.38. The molecule has 1 fully saturated rings. The maximum atomic E-state index is 12.8. The highest BCUT2D eigenvalue weighted by Crippen LogP contribution is 2.27. The zero-order chi connectivity index (χ0) is 19.0. The standard InChI is InChI=1S/C18H19N3O5S/c1-12-2-3-13(21-6-8-25-9-7-21)10-16(12)20-27(23,24)14-4-5-15-17(11-14)26-18(22)19-15/h2-5,10-11,20H,6-9H2,1H3,(H,19,22). The quantitative estimate of drug-likeness (QED) is 0.708. The van der Waals surface area contributed by atoms with Crippen molar-refractivity contribution < 1.29 is 17.6 Å². The Kier molecular flexibility index (Phi) is 4.40. The molecule has 0 radical (unpaired) electrons. The number of H-pyrrole nitrogens is 1. The van der Waals surface area contributed by atoms with E-state index in [9.17, 15) is 13.2 Å². The molecule has 4 rings (SSSR count). The number of aryl methyl sites for hydroxylation is 1. The summed E-state index contributed by atoms with van der Waals surface area (Å²) >= 11 is 0. The average Bonchev–Trinajstić information content (AvgIpc) is 3.03. The maximum absolute atomic E-state index is 12.8. The van der Waals surface area contributed by atoms with Crippen LogP contribution in [0.1, 0.15) is 5.56 Å². The number of fused-ring (bicyclic) bond motifs is 1. The molecular weight excluding hydrogens is 370 g/mol. The van der Waals surface area contributed by atoms with Crippen molar-refractivity contribution in [2.75, 3.05) is 35.9 Å². The molecule has 0 bridgehead atoms. The maximum Gasteiger partial charge on any atom is 0.417 e. The van der Waals surface area contributed by atoms with Crippen molar-refractivity contribution in [2.45, 2.75) is 11.8 Å². The predicted octanol–water partition coefficient (Wildman–Crippen LogP) is 2.07. The van der Waals surface area contributed by atoms with Crippen LogP contribution in [0.25, 0.3) is 11.1 Å². The number of benzene rings is 2. The van der Waals surface area contributed by atoms with Gasteiger partial charge in [-0.25, -0.2) is 13.2 Å². The number of hydrogen-bond donors (Lipinski definition) is 2. The predicted molar refractivity (Wildman–Crippen MR) is 102 cm³/mol. The van der Waals surface area contributed by atoms with Crippen molar-refractivity contribution in [1.82, 2.24) is 4.98 Å². The summed E-state index contributed by atoms with van der Waals surface area (Å²) in [7, 11) is -3.83. The molecule has 0 unspecified atom stereocenters. The van der Waals surface area contributed by atoms with Crippen LogP contribution in [0.3, 0.4) is 0 Å². The molecule has 9 heteroatoms. The van der Waals surface area contributed by atoms with Crippen molar-refractivity contribution in [3.05, 3.63) is 52.5 Å². The molecule has 27 heavy (non-hydrogen) atoms. The lowest BCUT2D eigenvalue weighted by Crippen LogP contribution is -2.36. The first-order chi connectivity index (χ1) is 12.9. The van der Waals surface area contributed by atoms with Crippen molar-refractivity contribution in [1.29, 1.82) is 0 Å². The summed E-state index contributed by atoms with van der Waals surface area (Å²) < 4.78 is 38.6. The SMILES string of the molecule is Cc1ccc(N2CCOCC2)cc1NS(=O)(=O)c1ccc2[nH]c(=O)oc2c1. The first kappa shape index (κ1) is 17.6. The zero-order valence-corrected chi connectivity index (χ0v) is 15.5. The Morgan fingerprint density at radius 3 is 2.67 bits per heavy atom. The van der Waals surface area contributed by atoms with Gasteiger partial charge >= 0.3 is 5.76 Å². The van der Waals surface area contributed by atoms with E-state index in [1.165, 1.54) is 18.2 Å². The number of anilines is 2. The second kappa shape index (κ2) is 6.75. The monoisotopic (exact) mass is 389 g/mol. The highest BCUT2D eigenvalue weighted by Gasteiger charge is 2.19. The molecule has 1 aliphatic rings. The third kappa shape index (κ3) is 3.56. The molecule has 0 amide bonds. The summed E-state index contributed by atoms with van der Waals surface area (Å²) in [5, 5.41) is 0. The van der Waals surface area contributed by atoms with Gasteiger partial charge in [-0.05, 0) is 36.8 Å². The van der Waals surface area contributed by atoms with Crippen LogP contribution in [-0.4, -0.2) is 39.7 Å². The Bertz CT molecular complexity index is 1140. The lowest BCUT2D eigenvalue weighted by molar-refractivity contribution is 0.122. The van der Waals surface area contributed by atoms with Gasteiger partial charge in [-0.2, -0.15) is 0 Å². The highest BCUT2D eigenvalue weighted by molar-refractivity contribution is 7.92. The fourth-order valence-electron chi connectivity index (χ4n) is 3.03. The number of ether oxygens (including phenoxy) is 1. The van der Waals surface area contributed by atoms with E-state index in [-0.39, 0.29) is 10.5 Å². The molecule has 2 heterocycles. The molecule has 0 spiro atoms. The molecule has 1 aliphatic heterocycles.